The van der Waals surface area contributed by atoms with Gasteiger partial charge in [0.25, 0.3) is 0 Å². The van der Waals surface area contributed by atoms with Crippen LogP contribution in [0.25, 0.3) is 0 Å². The highest BCUT2D eigenvalue weighted by Crippen LogP contribution is 2.42. The van der Waals surface area contributed by atoms with Crippen molar-refractivity contribution in [1.82, 2.24) is 10.2 Å². The molecule has 4 nitrogen and oxygen atoms in total. The molecule has 8 heteroatoms. The maximum absolute atomic E-state index is 13.7. The van der Waals surface area contributed by atoms with E-state index in [2.05, 4.69) is 5.32 Å². The molecule has 1 saturated carbocycles. The van der Waals surface area contributed by atoms with E-state index in [4.69, 9.17) is 0 Å². The molecular weight excluding hydrogens is 328 g/mol. The standard InChI is InChI=1S/C16H18F4N2O2/c17-12-4-2-1-3-10(12)11-9-13(11)21-14(23)22-7-5-15(24,6-8-22)16(18,19)20/h1-4,11,13,24H,5-9H2,(H,21,23). The Labute approximate surface area is 136 Å². The van der Waals surface area contributed by atoms with Crippen LogP contribution in [0.4, 0.5) is 22.4 Å². The second-order valence-corrected chi connectivity index (χ2v) is 6.44. The number of hydrogen-bond acceptors (Lipinski definition) is 2. The van der Waals surface area contributed by atoms with Crippen LogP contribution in [0.2, 0.25) is 0 Å². The number of aliphatic hydroxyl groups is 1. The summed E-state index contributed by atoms with van der Waals surface area (Å²) in [6, 6.07) is 5.65. The summed E-state index contributed by atoms with van der Waals surface area (Å²) in [6.07, 6.45) is -5.16. The number of nitrogens with one attached hydrogen (secondary N) is 1. The van der Waals surface area contributed by atoms with Crippen molar-refractivity contribution in [3.63, 3.8) is 0 Å². The Kier molecular flexibility index (Phi) is 4.19. The molecule has 0 spiro atoms. The van der Waals surface area contributed by atoms with E-state index >= 15 is 0 Å². The number of nitrogens with zero attached hydrogens (tertiary/aromatic N) is 1. The Hall–Kier alpha value is -1.83. The fourth-order valence-electron chi connectivity index (χ4n) is 3.09. The van der Waals surface area contributed by atoms with Gasteiger partial charge >= 0.3 is 12.2 Å². The van der Waals surface area contributed by atoms with Gasteiger partial charge in [-0.15, -0.1) is 0 Å². The highest BCUT2D eigenvalue weighted by atomic mass is 19.4. The van der Waals surface area contributed by atoms with Crippen LogP contribution in [0.1, 0.15) is 30.7 Å². The van der Waals surface area contributed by atoms with Gasteiger partial charge in [-0.2, -0.15) is 13.2 Å². The van der Waals surface area contributed by atoms with E-state index in [1.807, 2.05) is 0 Å². The van der Waals surface area contributed by atoms with Crippen LogP contribution in [0.15, 0.2) is 24.3 Å². The summed E-state index contributed by atoms with van der Waals surface area (Å²) in [5, 5.41) is 12.3. The topological polar surface area (TPSA) is 52.6 Å². The minimum absolute atomic E-state index is 0.105. The van der Waals surface area contributed by atoms with Gasteiger partial charge in [0.05, 0.1) is 0 Å². The van der Waals surface area contributed by atoms with Crippen molar-refractivity contribution < 1.29 is 27.5 Å². The van der Waals surface area contributed by atoms with Crippen LogP contribution in [0, 0.1) is 5.82 Å². The maximum Gasteiger partial charge on any atom is 0.417 e. The monoisotopic (exact) mass is 346 g/mol. The van der Waals surface area contributed by atoms with Gasteiger partial charge in [0.1, 0.15) is 5.82 Å². The lowest BCUT2D eigenvalue weighted by molar-refractivity contribution is -0.271. The molecular formula is C16H18F4N2O2. The smallest absolute Gasteiger partial charge is 0.380 e. The number of urea groups is 1. The predicted octanol–water partition coefficient (Wildman–Crippen LogP) is 2.78. The molecule has 2 atom stereocenters. The second-order valence-electron chi connectivity index (χ2n) is 6.44. The number of piperidine rings is 1. The molecule has 1 aromatic carbocycles. The van der Waals surface area contributed by atoms with E-state index in [9.17, 15) is 27.5 Å². The summed E-state index contributed by atoms with van der Waals surface area (Å²) < 4.78 is 51.9. The van der Waals surface area contributed by atoms with Crippen molar-refractivity contribution >= 4 is 6.03 Å². The highest BCUT2D eigenvalue weighted by Gasteiger charge is 2.55. The van der Waals surface area contributed by atoms with Gasteiger partial charge in [-0.1, -0.05) is 18.2 Å². The molecule has 2 unspecified atom stereocenters. The molecule has 1 aromatic rings. The van der Waals surface area contributed by atoms with Gasteiger partial charge < -0.3 is 15.3 Å². The lowest BCUT2D eigenvalue weighted by Crippen LogP contribution is -2.56. The van der Waals surface area contributed by atoms with Crippen molar-refractivity contribution in [2.75, 3.05) is 13.1 Å². The molecule has 2 amide bonds. The molecule has 0 bridgehead atoms. The van der Waals surface area contributed by atoms with Gasteiger partial charge in [0, 0.05) is 37.9 Å². The van der Waals surface area contributed by atoms with Crippen LogP contribution in [-0.2, 0) is 0 Å². The molecule has 132 valence electrons. The average Bonchev–Trinajstić information content (AvgIpc) is 3.26. The largest absolute Gasteiger partial charge is 0.417 e. The molecule has 3 rings (SSSR count). The van der Waals surface area contributed by atoms with Crippen molar-refractivity contribution in [3.05, 3.63) is 35.6 Å². The van der Waals surface area contributed by atoms with Crippen LogP contribution in [0.5, 0.6) is 0 Å². The summed E-state index contributed by atoms with van der Waals surface area (Å²) in [7, 11) is 0. The van der Waals surface area contributed by atoms with Crippen molar-refractivity contribution in [1.29, 1.82) is 0 Å². The lowest BCUT2D eigenvalue weighted by Gasteiger charge is -2.39. The maximum atomic E-state index is 13.7. The van der Waals surface area contributed by atoms with Crippen molar-refractivity contribution in [2.45, 2.75) is 43.0 Å². The number of benzene rings is 1. The Morgan fingerprint density at radius 1 is 1.25 bits per heavy atom. The van der Waals surface area contributed by atoms with Crippen LogP contribution in [0.3, 0.4) is 0 Å². The summed E-state index contributed by atoms with van der Waals surface area (Å²) in [5.74, 6) is -0.431. The molecule has 1 aliphatic carbocycles. The number of hydrogen-bond donors (Lipinski definition) is 2. The minimum Gasteiger partial charge on any atom is -0.380 e. The number of alkyl halides is 3. The van der Waals surface area contributed by atoms with Crippen LogP contribution in [-0.4, -0.2) is 46.9 Å². The Morgan fingerprint density at radius 2 is 1.88 bits per heavy atom. The van der Waals surface area contributed by atoms with E-state index in [1.165, 1.54) is 11.0 Å². The molecule has 2 fully saturated rings. The number of carbonyl (C=O) groups excluding carboxylic acids is 1. The molecule has 0 aromatic heterocycles. The molecule has 2 aliphatic rings. The van der Waals surface area contributed by atoms with Crippen molar-refractivity contribution in [2.24, 2.45) is 0 Å². The van der Waals surface area contributed by atoms with E-state index in [0.29, 0.717) is 12.0 Å². The molecule has 1 saturated heterocycles. The summed E-state index contributed by atoms with van der Waals surface area (Å²) in [4.78, 5) is 13.4. The number of rotatable bonds is 2. The van der Waals surface area contributed by atoms with Gasteiger partial charge in [-0.05, 0) is 18.1 Å². The van der Waals surface area contributed by atoms with Crippen LogP contribution < -0.4 is 5.32 Å². The predicted molar refractivity (Wildman–Crippen MR) is 77.9 cm³/mol. The first-order chi connectivity index (χ1) is 11.2. The van der Waals surface area contributed by atoms with Gasteiger partial charge in [-0.25, -0.2) is 9.18 Å². The average molecular weight is 346 g/mol. The molecule has 2 N–H and O–H groups in total. The van der Waals surface area contributed by atoms with E-state index < -0.39 is 30.7 Å². The van der Waals surface area contributed by atoms with E-state index in [1.54, 1.807) is 18.2 Å². The van der Waals surface area contributed by atoms with E-state index in [-0.39, 0.29) is 30.9 Å². The van der Waals surface area contributed by atoms with Gasteiger partial charge in [-0.3, -0.25) is 0 Å². The normalized spacial score (nSPS) is 26.1. The first-order valence-corrected chi connectivity index (χ1v) is 7.80. The number of likely N-dealkylation sites (tertiary alicyclic amines) is 1. The number of halogens is 4. The molecule has 0 radical (unpaired) electrons. The minimum atomic E-state index is -4.69. The molecule has 1 heterocycles. The second kappa shape index (κ2) is 5.91. The zero-order valence-electron chi connectivity index (χ0n) is 12.8. The fourth-order valence-corrected chi connectivity index (χ4v) is 3.09. The van der Waals surface area contributed by atoms with Crippen molar-refractivity contribution in [3.8, 4) is 0 Å². The molecule has 24 heavy (non-hydrogen) atoms. The Bertz CT molecular complexity index is 627. The Morgan fingerprint density at radius 3 is 2.46 bits per heavy atom. The first kappa shape index (κ1) is 17.0. The summed E-state index contributed by atoms with van der Waals surface area (Å²) >= 11 is 0. The third-order valence-corrected chi connectivity index (χ3v) is 4.81. The zero-order chi connectivity index (χ0) is 17.5. The van der Waals surface area contributed by atoms with E-state index in [0.717, 1.165) is 0 Å². The zero-order valence-corrected chi connectivity index (χ0v) is 12.8. The first-order valence-electron chi connectivity index (χ1n) is 7.80. The number of carbonyl (C=O) groups is 1. The summed E-state index contributed by atoms with van der Waals surface area (Å²) in [5.41, 5.74) is -2.19. The highest BCUT2D eigenvalue weighted by molar-refractivity contribution is 5.75. The van der Waals surface area contributed by atoms with Gasteiger partial charge in [0.2, 0.25) is 0 Å². The third kappa shape index (κ3) is 3.19. The molecule has 1 aliphatic heterocycles. The quantitative estimate of drug-likeness (QED) is 0.809. The van der Waals surface area contributed by atoms with Crippen LogP contribution >= 0.6 is 0 Å². The van der Waals surface area contributed by atoms with Gasteiger partial charge in [0.15, 0.2) is 5.60 Å². The third-order valence-electron chi connectivity index (χ3n) is 4.81. The Balaban J connectivity index is 1.52. The fraction of sp³-hybridized carbons (Fsp3) is 0.562. The summed E-state index contributed by atoms with van der Waals surface area (Å²) in [6.45, 7) is -0.335. The SMILES string of the molecule is O=C(NC1CC1c1ccccc1F)N1CCC(O)(C(F)(F)F)CC1. The number of amides is 2. The lowest BCUT2D eigenvalue weighted by atomic mass is 9.91.